The summed E-state index contributed by atoms with van der Waals surface area (Å²) in [6, 6.07) is -0.449. The van der Waals surface area contributed by atoms with E-state index in [1.54, 1.807) is 0 Å². The van der Waals surface area contributed by atoms with Crippen molar-refractivity contribution in [2.24, 2.45) is 0 Å². The molecule has 5 nitrogen and oxygen atoms in total. The number of carbonyl (C=O) groups is 3. The molecule has 0 heterocycles. The fourth-order valence-corrected chi connectivity index (χ4v) is 2.29. The first-order chi connectivity index (χ1) is 12.7. The molecule has 156 valence electrons. The first kappa shape index (κ1) is 23.4. The lowest BCUT2D eigenvalue weighted by Gasteiger charge is -2.17. The molecular weight excluding hydrogens is 396 g/mol. The number of methoxy groups -OCH3 is 1. The average Bonchev–Trinajstić information content (AvgIpc) is 2.55. The molecule has 1 atom stereocenters. The van der Waals surface area contributed by atoms with Gasteiger partial charge in [0.1, 0.15) is 11.8 Å². The van der Waals surface area contributed by atoms with Crippen molar-refractivity contribution < 1.29 is 45.5 Å². The molecule has 0 aliphatic carbocycles. The molecule has 0 aliphatic heterocycles. The zero-order valence-corrected chi connectivity index (χ0v) is 14.8. The fraction of sp³-hybridized carbons (Fsp3) is 0.471. The number of hydrogen-bond donors (Lipinski definition) is 1. The maximum Gasteiger partial charge on any atom is 0.416 e. The Morgan fingerprint density at radius 2 is 1.50 bits per heavy atom. The third kappa shape index (κ3) is 7.20. The molecule has 1 N–H and O–H groups in total. The van der Waals surface area contributed by atoms with E-state index in [0.29, 0.717) is 12.1 Å². The van der Waals surface area contributed by atoms with Crippen LogP contribution in [0.4, 0.5) is 26.3 Å². The average molecular weight is 413 g/mol. The summed E-state index contributed by atoms with van der Waals surface area (Å²) in [4.78, 5) is 34.7. The maximum absolute atomic E-state index is 12.9. The zero-order valence-electron chi connectivity index (χ0n) is 14.8. The quantitative estimate of drug-likeness (QED) is 0.550. The van der Waals surface area contributed by atoms with Gasteiger partial charge in [-0.15, -0.1) is 0 Å². The lowest BCUT2D eigenvalue weighted by Crippen LogP contribution is -2.42. The number of alkyl halides is 6. The Bertz CT molecular complexity index is 710. The molecule has 0 aromatic heterocycles. The lowest BCUT2D eigenvalue weighted by atomic mass is 10.0. The number of hydrogen-bond acceptors (Lipinski definition) is 4. The maximum atomic E-state index is 12.9. The molecule has 1 amide bonds. The van der Waals surface area contributed by atoms with Crippen molar-refractivity contribution >= 4 is 17.7 Å². The van der Waals surface area contributed by atoms with Crippen molar-refractivity contribution in [1.29, 1.82) is 0 Å². The van der Waals surface area contributed by atoms with Gasteiger partial charge in [0, 0.05) is 6.42 Å². The van der Waals surface area contributed by atoms with Crippen LogP contribution in [0.25, 0.3) is 0 Å². The van der Waals surface area contributed by atoms with Crippen molar-refractivity contribution in [2.75, 3.05) is 7.11 Å². The minimum atomic E-state index is -5.04. The van der Waals surface area contributed by atoms with Gasteiger partial charge in [0.15, 0.2) is 0 Å². The molecule has 1 aromatic rings. The Hall–Kier alpha value is -2.59. The van der Waals surface area contributed by atoms with E-state index in [4.69, 9.17) is 0 Å². The lowest BCUT2D eigenvalue weighted by molar-refractivity contribution is -0.145. The number of rotatable bonds is 7. The normalized spacial score (nSPS) is 13.0. The number of ketones is 1. The van der Waals surface area contributed by atoms with E-state index in [2.05, 4.69) is 10.1 Å². The number of halogens is 6. The van der Waals surface area contributed by atoms with Gasteiger partial charge in [-0.1, -0.05) is 0 Å². The summed E-state index contributed by atoms with van der Waals surface area (Å²) in [5.74, 6) is -2.17. The number of esters is 1. The molecule has 0 fully saturated rings. The summed E-state index contributed by atoms with van der Waals surface area (Å²) in [5, 5.41) is 2.16. The molecule has 1 aromatic carbocycles. The monoisotopic (exact) mass is 413 g/mol. The standard InChI is InChI=1S/C17H17F6NO4/c1-9(25)3-4-13(15(27)28-2)24-14(26)7-10-5-11(16(18,19)20)8-12(6-10)17(21,22)23/h5-6,8,13H,3-4,7H2,1-2H3,(H,24,26)/t13-/m1/s1. The number of carbonyl (C=O) groups excluding carboxylic acids is 3. The van der Waals surface area contributed by atoms with Gasteiger partial charge in [0.25, 0.3) is 0 Å². The summed E-state index contributed by atoms with van der Waals surface area (Å²) in [5.41, 5.74) is -3.63. The Balaban J connectivity index is 3.05. The second-order valence-electron chi connectivity index (χ2n) is 5.97. The van der Waals surface area contributed by atoms with Crippen LogP contribution in [-0.2, 0) is 37.9 Å². The van der Waals surface area contributed by atoms with Crippen LogP contribution in [0.15, 0.2) is 18.2 Å². The van der Waals surface area contributed by atoms with Gasteiger partial charge in [0.2, 0.25) is 5.91 Å². The predicted octanol–water partition coefficient (Wildman–Crippen LogP) is 3.29. The van der Waals surface area contributed by atoms with Crippen LogP contribution in [0.2, 0.25) is 0 Å². The van der Waals surface area contributed by atoms with Crippen molar-refractivity contribution in [3.63, 3.8) is 0 Å². The fourth-order valence-electron chi connectivity index (χ4n) is 2.29. The van der Waals surface area contributed by atoms with E-state index in [1.807, 2.05) is 0 Å². The van der Waals surface area contributed by atoms with Crippen LogP contribution in [-0.4, -0.2) is 30.8 Å². The van der Waals surface area contributed by atoms with Crippen molar-refractivity contribution in [3.05, 3.63) is 34.9 Å². The number of nitrogens with one attached hydrogen (secondary N) is 1. The van der Waals surface area contributed by atoms with Gasteiger partial charge in [0.05, 0.1) is 24.7 Å². The second kappa shape index (κ2) is 9.07. The number of ether oxygens (including phenoxy) is 1. The van der Waals surface area contributed by atoms with Crippen molar-refractivity contribution in [1.82, 2.24) is 5.32 Å². The van der Waals surface area contributed by atoms with Crippen LogP contribution >= 0.6 is 0 Å². The smallest absolute Gasteiger partial charge is 0.416 e. The highest BCUT2D eigenvalue weighted by Gasteiger charge is 2.37. The molecule has 0 saturated carbocycles. The Morgan fingerprint density at radius 3 is 1.89 bits per heavy atom. The van der Waals surface area contributed by atoms with E-state index in [9.17, 15) is 40.7 Å². The first-order valence-electron chi connectivity index (χ1n) is 7.89. The molecule has 0 aliphatic rings. The van der Waals surface area contributed by atoms with Crippen LogP contribution in [0, 0.1) is 0 Å². The summed E-state index contributed by atoms with van der Waals surface area (Å²) in [6.07, 6.45) is -11.1. The first-order valence-corrected chi connectivity index (χ1v) is 7.89. The van der Waals surface area contributed by atoms with E-state index in [1.165, 1.54) is 6.92 Å². The highest BCUT2D eigenvalue weighted by Crippen LogP contribution is 2.36. The second-order valence-corrected chi connectivity index (χ2v) is 5.97. The summed E-state index contributed by atoms with van der Waals surface area (Å²) in [7, 11) is 1.03. The van der Waals surface area contributed by atoms with Gasteiger partial charge in [-0.25, -0.2) is 4.79 Å². The molecule has 0 spiro atoms. The molecule has 1 rings (SSSR count). The number of amides is 1. The molecule has 28 heavy (non-hydrogen) atoms. The van der Waals surface area contributed by atoms with E-state index >= 15 is 0 Å². The molecule has 11 heteroatoms. The van der Waals surface area contributed by atoms with E-state index in [0.717, 1.165) is 7.11 Å². The number of benzene rings is 1. The summed E-state index contributed by atoms with van der Waals surface area (Å²) >= 11 is 0. The Labute approximate surface area is 156 Å². The number of Topliss-reactive ketones (excluding diaryl/α,β-unsaturated/α-hetero) is 1. The Kier molecular flexibility index (Phi) is 7.59. The minimum Gasteiger partial charge on any atom is -0.467 e. The van der Waals surface area contributed by atoms with Gasteiger partial charge in [-0.3, -0.25) is 4.79 Å². The van der Waals surface area contributed by atoms with Gasteiger partial charge >= 0.3 is 18.3 Å². The Morgan fingerprint density at radius 1 is 1.00 bits per heavy atom. The van der Waals surface area contributed by atoms with Crippen LogP contribution in [0.1, 0.15) is 36.5 Å². The molecular formula is C17H17F6NO4. The third-order valence-electron chi connectivity index (χ3n) is 3.62. The largest absolute Gasteiger partial charge is 0.467 e. The summed E-state index contributed by atoms with van der Waals surface area (Å²) in [6.45, 7) is 1.25. The highest BCUT2D eigenvalue weighted by molar-refractivity contribution is 5.86. The molecule has 0 unspecified atom stereocenters. The topological polar surface area (TPSA) is 72.5 Å². The van der Waals surface area contributed by atoms with E-state index in [-0.39, 0.29) is 24.7 Å². The molecule has 0 saturated heterocycles. The predicted molar refractivity (Wildman–Crippen MR) is 84.0 cm³/mol. The van der Waals surface area contributed by atoms with Crippen LogP contribution in [0.5, 0.6) is 0 Å². The minimum absolute atomic E-state index is 0.0501. The SMILES string of the molecule is COC(=O)[C@@H](CCC(C)=O)NC(=O)Cc1cc(C(F)(F)F)cc(C(F)(F)F)c1. The van der Waals surface area contributed by atoms with Crippen molar-refractivity contribution in [3.8, 4) is 0 Å². The van der Waals surface area contributed by atoms with E-state index < -0.39 is 53.4 Å². The highest BCUT2D eigenvalue weighted by atomic mass is 19.4. The molecule has 0 radical (unpaired) electrons. The van der Waals surface area contributed by atoms with Gasteiger partial charge < -0.3 is 14.8 Å². The van der Waals surface area contributed by atoms with Crippen LogP contribution in [0.3, 0.4) is 0 Å². The van der Waals surface area contributed by atoms with Gasteiger partial charge in [-0.05, 0) is 37.1 Å². The van der Waals surface area contributed by atoms with Crippen molar-refractivity contribution in [2.45, 2.75) is 44.6 Å². The van der Waals surface area contributed by atoms with Crippen LogP contribution < -0.4 is 5.32 Å². The molecule has 0 bridgehead atoms. The summed E-state index contributed by atoms with van der Waals surface area (Å²) < 4.78 is 81.6. The zero-order chi connectivity index (χ0) is 21.7. The third-order valence-corrected chi connectivity index (χ3v) is 3.62. The van der Waals surface area contributed by atoms with Gasteiger partial charge in [-0.2, -0.15) is 26.3 Å².